The zero-order chi connectivity index (χ0) is 28.3. The molecular formula is C24H33NO12. The summed E-state index contributed by atoms with van der Waals surface area (Å²) in [5.41, 5.74) is -0.670. The number of esters is 4. The van der Waals surface area contributed by atoms with Crippen LogP contribution in [-0.2, 0) is 52.5 Å². The molecule has 0 radical (unpaired) electrons. The van der Waals surface area contributed by atoms with Crippen LogP contribution in [0.3, 0.4) is 0 Å². The van der Waals surface area contributed by atoms with Gasteiger partial charge in [-0.2, -0.15) is 0 Å². The van der Waals surface area contributed by atoms with E-state index in [0.29, 0.717) is 0 Å². The van der Waals surface area contributed by atoms with Crippen LogP contribution in [0.1, 0.15) is 61.3 Å². The van der Waals surface area contributed by atoms with Gasteiger partial charge in [0.2, 0.25) is 0 Å². The fraction of sp³-hybridized carbons (Fsp3) is 0.708. The third-order valence-electron chi connectivity index (χ3n) is 5.74. The van der Waals surface area contributed by atoms with Crippen LogP contribution in [0.15, 0.2) is 4.99 Å². The van der Waals surface area contributed by atoms with E-state index in [2.05, 4.69) is 4.99 Å². The highest BCUT2D eigenvalue weighted by atomic mass is 16.8. The van der Waals surface area contributed by atoms with Gasteiger partial charge in [0.15, 0.2) is 18.3 Å². The first-order valence-corrected chi connectivity index (χ1v) is 11.6. The zero-order valence-corrected chi connectivity index (χ0v) is 21.9. The Balaban J connectivity index is 2.64. The number of hydrogen-bond acceptors (Lipinski definition) is 13. The Kier molecular flexibility index (Phi) is 9.31. The summed E-state index contributed by atoms with van der Waals surface area (Å²) in [4.78, 5) is 77.1. The van der Waals surface area contributed by atoms with Gasteiger partial charge in [-0.05, 0) is 12.3 Å². The van der Waals surface area contributed by atoms with E-state index in [1.165, 1.54) is 6.92 Å². The first-order chi connectivity index (χ1) is 17.0. The predicted octanol–water partition coefficient (Wildman–Crippen LogP) is 0.425. The lowest BCUT2D eigenvalue weighted by molar-refractivity contribution is -0.349. The van der Waals surface area contributed by atoms with Gasteiger partial charge in [-0.3, -0.25) is 28.8 Å². The van der Waals surface area contributed by atoms with Crippen LogP contribution in [0.25, 0.3) is 0 Å². The van der Waals surface area contributed by atoms with Crippen molar-refractivity contribution in [3.63, 3.8) is 0 Å². The molecule has 1 heterocycles. The second kappa shape index (κ2) is 11.5. The highest BCUT2D eigenvalue weighted by molar-refractivity contribution is 6.21. The van der Waals surface area contributed by atoms with Gasteiger partial charge in [-0.15, -0.1) is 0 Å². The fourth-order valence-corrected chi connectivity index (χ4v) is 4.51. The molecule has 0 amide bonds. The first-order valence-electron chi connectivity index (χ1n) is 11.6. The zero-order valence-electron chi connectivity index (χ0n) is 21.9. The standard InChI is InChI=1S/C24H33NO12/c1-11(19-16(30)8-23(6,7)9-17(19)31)25-24(36-15(5)29)22(32)21(35-14(4)28)20(34-13(3)27)18(37-24)10-33-12(2)26/h18-22,32H,8-10H2,1-7H3/t18-,20-,21+,22-,24-/m1/s1. The van der Waals surface area contributed by atoms with E-state index in [1.54, 1.807) is 13.8 Å². The number of nitrogens with zero attached hydrogens (tertiary/aromatic N) is 1. The maximum absolute atomic E-state index is 12.8. The molecule has 1 saturated heterocycles. The van der Waals surface area contributed by atoms with Crippen LogP contribution in [0.5, 0.6) is 0 Å². The molecule has 13 nitrogen and oxygen atoms in total. The number of carbonyl (C=O) groups is 6. The van der Waals surface area contributed by atoms with Crippen molar-refractivity contribution in [1.29, 1.82) is 0 Å². The molecule has 0 bridgehead atoms. The smallest absolute Gasteiger partial charge is 0.346 e. The molecule has 2 fully saturated rings. The molecule has 1 N–H and O–H groups in total. The van der Waals surface area contributed by atoms with Crippen LogP contribution >= 0.6 is 0 Å². The van der Waals surface area contributed by atoms with E-state index in [-0.39, 0.29) is 18.6 Å². The van der Waals surface area contributed by atoms with Crippen LogP contribution < -0.4 is 0 Å². The maximum Gasteiger partial charge on any atom is 0.346 e. The Morgan fingerprint density at radius 1 is 0.892 bits per heavy atom. The van der Waals surface area contributed by atoms with Gasteiger partial charge >= 0.3 is 29.8 Å². The third kappa shape index (κ3) is 7.41. The molecule has 37 heavy (non-hydrogen) atoms. The summed E-state index contributed by atoms with van der Waals surface area (Å²) in [6.07, 6.45) is -6.58. The van der Waals surface area contributed by atoms with E-state index in [4.69, 9.17) is 23.7 Å². The summed E-state index contributed by atoms with van der Waals surface area (Å²) in [6, 6.07) is 0. The van der Waals surface area contributed by atoms with E-state index in [0.717, 1.165) is 27.7 Å². The SMILES string of the molecule is CC(=O)OC[C@H]1O[C@](N=C(C)C2C(=O)CC(C)(C)CC2=O)(OC(C)=O)[C@H](O)[C@@H](OC(C)=O)[C@@H]1OC(C)=O. The van der Waals surface area contributed by atoms with Gasteiger partial charge < -0.3 is 28.8 Å². The number of aliphatic imine (C=N–C) groups is 1. The van der Waals surface area contributed by atoms with E-state index in [9.17, 15) is 33.9 Å². The molecular weight excluding hydrogens is 494 g/mol. The molecule has 0 unspecified atom stereocenters. The van der Waals surface area contributed by atoms with Gasteiger partial charge in [0.25, 0.3) is 0 Å². The summed E-state index contributed by atoms with van der Waals surface area (Å²) in [5, 5.41) is 11.3. The van der Waals surface area contributed by atoms with Gasteiger partial charge in [0.1, 0.15) is 30.2 Å². The predicted molar refractivity (Wildman–Crippen MR) is 123 cm³/mol. The Bertz CT molecular complexity index is 982. The van der Waals surface area contributed by atoms with E-state index in [1.807, 2.05) is 0 Å². The van der Waals surface area contributed by atoms with Crippen molar-refractivity contribution in [2.24, 2.45) is 16.3 Å². The monoisotopic (exact) mass is 527 g/mol. The minimum Gasteiger partial charge on any atom is -0.463 e. The van der Waals surface area contributed by atoms with Crippen molar-refractivity contribution in [1.82, 2.24) is 0 Å². The largest absolute Gasteiger partial charge is 0.463 e. The third-order valence-corrected chi connectivity index (χ3v) is 5.74. The van der Waals surface area contributed by atoms with Crippen molar-refractivity contribution in [3.05, 3.63) is 0 Å². The molecule has 5 atom stereocenters. The molecule has 1 aliphatic carbocycles. The quantitative estimate of drug-likeness (QED) is 0.209. The first kappa shape index (κ1) is 30.0. The molecule has 1 saturated carbocycles. The minimum atomic E-state index is -2.65. The molecule has 2 aliphatic rings. The number of aliphatic hydroxyl groups excluding tert-OH is 1. The summed E-state index contributed by atoms with van der Waals surface area (Å²) in [5.74, 6) is -8.24. The second-order valence-corrected chi connectivity index (χ2v) is 9.91. The number of ether oxygens (including phenoxy) is 5. The Hall–Kier alpha value is -3.19. The number of rotatable bonds is 7. The van der Waals surface area contributed by atoms with Gasteiger partial charge in [0.05, 0.1) is 0 Å². The van der Waals surface area contributed by atoms with E-state index < -0.39 is 83.7 Å². The molecule has 206 valence electrons. The van der Waals surface area contributed by atoms with Crippen molar-refractivity contribution in [2.45, 2.75) is 91.6 Å². The Morgan fingerprint density at radius 2 is 1.41 bits per heavy atom. The topological polar surface area (TPSA) is 181 Å². The average Bonchev–Trinajstić information content (AvgIpc) is 2.69. The van der Waals surface area contributed by atoms with Crippen LogP contribution in [-0.4, -0.2) is 83.2 Å². The van der Waals surface area contributed by atoms with Crippen molar-refractivity contribution in [2.75, 3.05) is 6.61 Å². The van der Waals surface area contributed by atoms with Gasteiger partial charge in [-0.25, -0.2) is 4.99 Å². The van der Waals surface area contributed by atoms with Crippen molar-refractivity contribution >= 4 is 41.2 Å². The lowest BCUT2D eigenvalue weighted by atomic mass is 9.70. The summed E-state index contributed by atoms with van der Waals surface area (Å²) in [7, 11) is 0. The lowest BCUT2D eigenvalue weighted by Gasteiger charge is -2.47. The number of hydrogen-bond donors (Lipinski definition) is 1. The summed E-state index contributed by atoms with van der Waals surface area (Å²) < 4.78 is 26.5. The number of carbonyl (C=O) groups excluding carboxylic acids is 6. The Morgan fingerprint density at radius 3 is 1.86 bits per heavy atom. The molecule has 13 heteroatoms. The average molecular weight is 528 g/mol. The highest BCUT2D eigenvalue weighted by Gasteiger charge is 2.61. The summed E-state index contributed by atoms with van der Waals surface area (Å²) in [6.45, 7) is 8.48. The molecule has 0 spiro atoms. The number of ketones is 2. The minimum absolute atomic E-state index is 0.0833. The highest BCUT2D eigenvalue weighted by Crippen LogP contribution is 2.39. The van der Waals surface area contributed by atoms with Crippen LogP contribution in [0.4, 0.5) is 0 Å². The molecule has 1 aliphatic heterocycles. The summed E-state index contributed by atoms with van der Waals surface area (Å²) >= 11 is 0. The Labute approximate surface area is 213 Å². The van der Waals surface area contributed by atoms with Gasteiger partial charge in [-0.1, -0.05) is 13.8 Å². The van der Waals surface area contributed by atoms with Crippen LogP contribution in [0, 0.1) is 11.3 Å². The molecule has 0 aromatic heterocycles. The second-order valence-electron chi connectivity index (χ2n) is 9.91. The maximum atomic E-state index is 12.8. The van der Waals surface area contributed by atoms with Crippen molar-refractivity contribution < 1.29 is 57.6 Å². The number of Topliss-reactive ketones (excluding diaryl/α,β-unsaturated/α-hetero) is 2. The molecule has 0 aromatic carbocycles. The van der Waals surface area contributed by atoms with Crippen molar-refractivity contribution in [3.8, 4) is 0 Å². The number of aliphatic hydroxyl groups is 1. The lowest BCUT2D eigenvalue weighted by Crippen LogP contribution is -2.68. The van der Waals surface area contributed by atoms with E-state index >= 15 is 0 Å². The fourth-order valence-electron chi connectivity index (χ4n) is 4.51. The normalized spacial score (nSPS) is 30.3. The van der Waals surface area contributed by atoms with Gasteiger partial charge in [0, 0.05) is 46.2 Å². The molecule has 0 aromatic rings. The van der Waals surface area contributed by atoms with Crippen LogP contribution in [0.2, 0.25) is 0 Å². The molecule has 2 rings (SSSR count).